The summed E-state index contributed by atoms with van der Waals surface area (Å²) in [7, 11) is -3.47. The van der Waals surface area contributed by atoms with Gasteiger partial charge in [-0.3, -0.25) is 0 Å². The number of hydrogen-bond donors (Lipinski definition) is 1. The summed E-state index contributed by atoms with van der Waals surface area (Å²) in [5.41, 5.74) is 0. The Morgan fingerprint density at radius 2 is 2.06 bits per heavy atom. The number of nitrogens with one attached hydrogen (secondary N) is 1. The maximum Gasteiger partial charge on any atom is 0.244 e. The molecular weight excluding hydrogens is 236 g/mol. The lowest BCUT2D eigenvalue weighted by molar-refractivity contribution is 0.314. The molecule has 0 spiro atoms. The smallest absolute Gasteiger partial charge is 0.244 e. The summed E-state index contributed by atoms with van der Waals surface area (Å²) in [5, 5.41) is 3.09. The van der Waals surface area contributed by atoms with Gasteiger partial charge < -0.3 is 5.32 Å². The van der Waals surface area contributed by atoms with Gasteiger partial charge in [-0.1, -0.05) is 24.1 Å². The van der Waals surface area contributed by atoms with Gasteiger partial charge in [0.25, 0.3) is 0 Å². The van der Waals surface area contributed by atoms with Crippen LogP contribution in [0.2, 0.25) is 0 Å². The van der Waals surface area contributed by atoms with Crippen LogP contribution in [0, 0.1) is 12.3 Å². The van der Waals surface area contributed by atoms with Crippen LogP contribution in [0.4, 0.5) is 0 Å². The van der Waals surface area contributed by atoms with Crippen molar-refractivity contribution in [2.45, 2.75) is 10.9 Å². The molecule has 1 aromatic rings. The summed E-state index contributed by atoms with van der Waals surface area (Å²) in [6.07, 6.45) is 5.37. The van der Waals surface area contributed by atoms with Gasteiger partial charge in [0.05, 0.1) is 10.9 Å². The first-order chi connectivity index (χ1) is 8.16. The topological polar surface area (TPSA) is 49.4 Å². The van der Waals surface area contributed by atoms with E-state index in [1.54, 1.807) is 30.3 Å². The second kappa shape index (κ2) is 4.88. The van der Waals surface area contributed by atoms with Crippen LogP contribution < -0.4 is 5.32 Å². The first-order valence-corrected chi connectivity index (χ1v) is 6.84. The SMILES string of the molecule is C#CC1CNCCN1S(=O)(=O)c1ccccc1. The highest BCUT2D eigenvalue weighted by Gasteiger charge is 2.32. The predicted octanol–water partition coefficient (Wildman–Crippen LogP) is 0.282. The average molecular weight is 250 g/mol. The van der Waals surface area contributed by atoms with E-state index in [9.17, 15) is 8.42 Å². The van der Waals surface area contributed by atoms with E-state index in [2.05, 4.69) is 11.2 Å². The van der Waals surface area contributed by atoms with Crippen molar-refractivity contribution in [1.82, 2.24) is 9.62 Å². The monoisotopic (exact) mass is 250 g/mol. The van der Waals surface area contributed by atoms with E-state index >= 15 is 0 Å². The molecule has 0 bridgehead atoms. The van der Waals surface area contributed by atoms with Crippen LogP contribution in [0.15, 0.2) is 35.2 Å². The van der Waals surface area contributed by atoms with Gasteiger partial charge in [0.2, 0.25) is 10.0 Å². The number of sulfonamides is 1. The minimum atomic E-state index is -3.47. The van der Waals surface area contributed by atoms with E-state index in [0.717, 1.165) is 0 Å². The van der Waals surface area contributed by atoms with Gasteiger partial charge in [-0.25, -0.2) is 8.42 Å². The van der Waals surface area contributed by atoms with Crippen LogP contribution in [0.5, 0.6) is 0 Å². The molecule has 1 atom stereocenters. The summed E-state index contributed by atoms with van der Waals surface area (Å²) in [5.74, 6) is 2.51. The number of rotatable bonds is 2. The summed E-state index contributed by atoms with van der Waals surface area (Å²) in [6.45, 7) is 1.54. The molecule has 0 amide bonds. The van der Waals surface area contributed by atoms with Crippen LogP contribution >= 0.6 is 0 Å². The molecule has 0 saturated carbocycles. The van der Waals surface area contributed by atoms with Crippen LogP contribution in [0.3, 0.4) is 0 Å². The summed E-state index contributed by atoms with van der Waals surface area (Å²) >= 11 is 0. The van der Waals surface area contributed by atoms with Gasteiger partial charge in [0.15, 0.2) is 0 Å². The van der Waals surface area contributed by atoms with Gasteiger partial charge >= 0.3 is 0 Å². The molecule has 4 nitrogen and oxygen atoms in total. The predicted molar refractivity (Wildman–Crippen MR) is 65.8 cm³/mol. The molecule has 0 radical (unpaired) electrons. The lowest BCUT2D eigenvalue weighted by atomic mass is 10.2. The quantitative estimate of drug-likeness (QED) is 0.767. The van der Waals surface area contributed by atoms with Crippen molar-refractivity contribution in [1.29, 1.82) is 0 Å². The fraction of sp³-hybridized carbons (Fsp3) is 0.333. The van der Waals surface area contributed by atoms with Crippen LogP contribution in [-0.2, 0) is 10.0 Å². The molecule has 1 aliphatic rings. The highest BCUT2D eigenvalue weighted by molar-refractivity contribution is 7.89. The van der Waals surface area contributed by atoms with Crippen molar-refractivity contribution in [2.24, 2.45) is 0 Å². The molecule has 90 valence electrons. The van der Waals surface area contributed by atoms with E-state index in [1.807, 2.05) is 0 Å². The van der Waals surface area contributed by atoms with Crippen molar-refractivity contribution < 1.29 is 8.42 Å². The van der Waals surface area contributed by atoms with Crippen molar-refractivity contribution in [3.05, 3.63) is 30.3 Å². The molecule has 0 aliphatic carbocycles. The molecule has 1 unspecified atom stereocenters. The van der Waals surface area contributed by atoms with Gasteiger partial charge in [-0.05, 0) is 12.1 Å². The first-order valence-electron chi connectivity index (χ1n) is 5.40. The summed E-state index contributed by atoms with van der Waals surface area (Å²) in [6, 6.07) is 7.97. The fourth-order valence-corrected chi connectivity index (χ4v) is 3.42. The lowest BCUT2D eigenvalue weighted by Crippen LogP contribution is -2.52. The van der Waals surface area contributed by atoms with Gasteiger partial charge in [0, 0.05) is 19.6 Å². The Balaban J connectivity index is 2.35. The number of piperazine rings is 1. The molecule has 5 heteroatoms. The van der Waals surface area contributed by atoms with Gasteiger partial charge in [0.1, 0.15) is 0 Å². The van der Waals surface area contributed by atoms with E-state index in [4.69, 9.17) is 6.42 Å². The Morgan fingerprint density at radius 3 is 2.71 bits per heavy atom. The van der Waals surface area contributed by atoms with E-state index in [1.165, 1.54) is 4.31 Å². The van der Waals surface area contributed by atoms with E-state index < -0.39 is 16.1 Å². The van der Waals surface area contributed by atoms with Crippen molar-refractivity contribution in [3.8, 4) is 12.3 Å². The second-order valence-electron chi connectivity index (χ2n) is 3.82. The summed E-state index contributed by atoms with van der Waals surface area (Å²) in [4.78, 5) is 0.294. The highest BCUT2D eigenvalue weighted by atomic mass is 32.2. The number of nitrogens with zero attached hydrogens (tertiary/aromatic N) is 1. The highest BCUT2D eigenvalue weighted by Crippen LogP contribution is 2.18. The van der Waals surface area contributed by atoms with Crippen molar-refractivity contribution in [2.75, 3.05) is 19.6 Å². The third-order valence-electron chi connectivity index (χ3n) is 2.74. The zero-order valence-electron chi connectivity index (χ0n) is 9.33. The van der Waals surface area contributed by atoms with Crippen molar-refractivity contribution >= 4 is 10.0 Å². The standard InChI is InChI=1S/C12H14N2O2S/c1-2-11-10-13-8-9-14(11)17(15,16)12-6-4-3-5-7-12/h1,3-7,11,13H,8-10H2. The van der Waals surface area contributed by atoms with E-state index in [0.29, 0.717) is 24.5 Å². The zero-order chi connectivity index (χ0) is 12.3. The zero-order valence-corrected chi connectivity index (χ0v) is 10.2. The maximum absolute atomic E-state index is 12.4. The Labute approximate surface area is 102 Å². The molecule has 1 fully saturated rings. The van der Waals surface area contributed by atoms with Crippen LogP contribution in [-0.4, -0.2) is 38.4 Å². The molecule has 1 aromatic carbocycles. The normalized spacial score (nSPS) is 21.9. The molecule has 0 aromatic heterocycles. The molecule has 1 N–H and O–H groups in total. The van der Waals surface area contributed by atoms with E-state index in [-0.39, 0.29) is 0 Å². The van der Waals surface area contributed by atoms with Crippen molar-refractivity contribution in [3.63, 3.8) is 0 Å². The Morgan fingerprint density at radius 1 is 1.35 bits per heavy atom. The molecule has 1 aliphatic heterocycles. The lowest BCUT2D eigenvalue weighted by Gasteiger charge is -2.31. The third kappa shape index (κ3) is 2.34. The maximum atomic E-state index is 12.4. The average Bonchev–Trinajstić information content (AvgIpc) is 2.39. The van der Waals surface area contributed by atoms with Crippen LogP contribution in [0.25, 0.3) is 0 Å². The number of hydrogen-bond acceptors (Lipinski definition) is 3. The Hall–Kier alpha value is -1.35. The molecule has 17 heavy (non-hydrogen) atoms. The van der Waals surface area contributed by atoms with Gasteiger partial charge in [-0.15, -0.1) is 6.42 Å². The first kappa shape index (κ1) is 12.1. The number of benzene rings is 1. The Kier molecular flexibility index (Phi) is 3.48. The summed E-state index contributed by atoms with van der Waals surface area (Å²) < 4.78 is 26.1. The molecule has 1 heterocycles. The largest absolute Gasteiger partial charge is 0.313 e. The number of terminal acetylenes is 1. The Bertz CT molecular complexity index is 519. The van der Waals surface area contributed by atoms with Gasteiger partial charge in [-0.2, -0.15) is 4.31 Å². The second-order valence-corrected chi connectivity index (χ2v) is 5.71. The fourth-order valence-electron chi connectivity index (χ4n) is 1.84. The molecule has 1 saturated heterocycles. The third-order valence-corrected chi connectivity index (χ3v) is 4.66. The minimum Gasteiger partial charge on any atom is -0.313 e. The minimum absolute atomic E-state index is 0.294. The molecular formula is C12H14N2O2S. The molecule has 2 rings (SSSR count). The van der Waals surface area contributed by atoms with Crippen LogP contribution in [0.1, 0.15) is 0 Å².